The molecule has 4 amide bonds. The van der Waals surface area contributed by atoms with E-state index in [1.807, 2.05) is 103 Å². The monoisotopic (exact) mass is 1010 g/mol. The van der Waals surface area contributed by atoms with Crippen LogP contribution in [0.2, 0.25) is 0 Å². The van der Waals surface area contributed by atoms with Crippen LogP contribution < -0.4 is 15.1 Å². The van der Waals surface area contributed by atoms with Crippen LogP contribution in [0.25, 0.3) is 22.9 Å². The van der Waals surface area contributed by atoms with Gasteiger partial charge < -0.3 is 24.0 Å². The smallest absolute Gasteiger partial charge is 0.413 e. The number of hydrogen-bond donors (Lipinski definition) is 1. The second-order valence-corrected chi connectivity index (χ2v) is 18.3. The highest BCUT2D eigenvalue weighted by molar-refractivity contribution is 5.93. The van der Waals surface area contributed by atoms with Gasteiger partial charge in [-0.2, -0.15) is 26.3 Å². The van der Waals surface area contributed by atoms with Gasteiger partial charge in [-0.25, -0.2) is 9.59 Å². The minimum Gasteiger partial charge on any atom is -0.413 e. The van der Waals surface area contributed by atoms with Crippen molar-refractivity contribution >= 4 is 23.4 Å². The lowest BCUT2D eigenvalue weighted by molar-refractivity contribution is -0.157. The van der Waals surface area contributed by atoms with Gasteiger partial charge in [-0.15, -0.1) is 20.4 Å². The first-order chi connectivity index (χ1) is 34.9. The Morgan fingerprint density at radius 3 is 1.26 bits per heavy atom. The van der Waals surface area contributed by atoms with Crippen LogP contribution in [-0.2, 0) is 32.0 Å². The number of piperazine rings is 2. The second kappa shape index (κ2) is 22.5. The molecule has 2 saturated heterocycles. The Morgan fingerprint density at radius 1 is 0.521 bits per heavy atom. The molecular formula is C53H54F6N10O4. The van der Waals surface area contributed by atoms with Crippen molar-refractivity contribution in [1.82, 2.24) is 40.4 Å². The minimum atomic E-state index is -4.70. The number of anilines is 2. The quantitative estimate of drug-likeness (QED) is 0.132. The van der Waals surface area contributed by atoms with Crippen LogP contribution in [0.4, 0.5) is 47.3 Å². The highest BCUT2D eigenvalue weighted by Gasteiger charge is 2.40. The molecular weight excluding hydrogens is 955 g/mol. The highest BCUT2D eigenvalue weighted by atomic mass is 19.4. The number of alkyl halides is 6. The predicted molar refractivity (Wildman–Crippen MR) is 262 cm³/mol. The molecule has 4 atom stereocenters. The largest absolute Gasteiger partial charge is 0.470 e. The van der Waals surface area contributed by atoms with Gasteiger partial charge in [0.2, 0.25) is 11.8 Å². The van der Waals surface area contributed by atoms with Crippen LogP contribution in [0.5, 0.6) is 0 Å². The molecule has 4 heterocycles. The van der Waals surface area contributed by atoms with Crippen molar-refractivity contribution in [2.45, 2.75) is 83.8 Å². The number of urea groups is 2. The lowest BCUT2D eigenvalue weighted by Gasteiger charge is -2.45. The topological polar surface area (TPSA) is 140 Å². The summed E-state index contributed by atoms with van der Waals surface area (Å²) >= 11 is 0. The maximum Gasteiger partial charge on any atom is 0.470 e. The lowest BCUT2D eigenvalue weighted by Crippen LogP contribution is -2.59. The van der Waals surface area contributed by atoms with E-state index in [9.17, 15) is 35.9 Å². The third kappa shape index (κ3) is 13.1. The zero-order valence-electron chi connectivity index (χ0n) is 40.5. The summed E-state index contributed by atoms with van der Waals surface area (Å²) in [5.41, 5.74) is 5.10. The minimum absolute atomic E-state index is 0.0972. The molecule has 14 nitrogen and oxygen atoms in total. The summed E-state index contributed by atoms with van der Waals surface area (Å²) in [7, 11) is 0. The Labute approximate surface area is 418 Å². The number of amides is 4. The summed E-state index contributed by atoms with van der Waals surface area (Å²) in [5, 5.41) is 16.6. The van der Waals surface area contributed by atoms with E-state index in [4.69, 9.17) is 8.83 Å². The molecule has 2 fully saturated rings. The first-order valence-corrected chi connectivity index (χ1v) is 23.7. The number of halogens is 6. The van der Waals surface area contributed by atoms with Crippen LogP contribution in [-0.4, -0.2) is 97.5 Å². The van der Waals surface area contributed by atoms with Crippen molar-refractivity contribution in [2.75, 3.05) is 36.0 Å². The number of hydrogen-bond acceptors (Lipinski definition) is 10. The molecule has 20 heteroatoms. The SMILES string of the molecule is C[C@@H]1CN(C(=O)N(Cc2ccc(-c3nnc(C(F)(F)F)o3)cc2)c2ccccc2)C[C@H](C)N1.C[C@@H]1CN(C(=O)N(Cc2ccc(-c3nnc(C(F)(F)F)o3)cc2)c2ccccc2)C[C@H](C)N1Cc1ccccc1. The maximum absolute atomic E-state index is 13.9. The fraction of sp³-hybridized carbons (Fsp3) is 0.321. The van der Waals surface area contributed by atoms with Gasteiger partial charge in [0.15, 0.2) is 0 Å². The molecule has 0 spiro atoms. The van der Waals surface area contributed by atoms with Crippen LogP contribution >= 0.6 is 0 Å². The van der Waals surface area contributed by atoms with Crippen molar-refractivity contribution in [3.05, 3.63) is 168 Å². The van der Waals surface area contributed by atoms with E-state index in [-0.39, 0.29) is 54.6 Å². The van der Waals surface area contributed by atoms with Crippen molar-refractivity contribution in [2.24, 2.45) is 0 Å². The van der Waals surface area contributed by atoms with Gasteiger partial charge in [0.25, 0.3) is 0 Å². The number of nitrogens with zero attached hydrogens (tertiary/aromatic N) is 9. The fourth-order valence-electron chi connectivity index (χ4n) is 8.98. The first-order valence-electron chi connectivity index (χ1n) is 23.7. The van der Waals surface area contributed by atoms with E-state index >= 15 is 0 Å². The van der Waals surface area contributed by atoms with E-state index in [0.717, 1.165) is 29.0 Å². The fourth-order valence-corrected chi connectivity index (χ4v) is 8.98. The molecule has 1 N–H and O–H groups in total. The summed E-state index contributed by atoms with van der Waals surface area (Å²) in [6.07, 6.45) is -9.40. The molecule has 5 aromatic carbocycles. The van der Waals surface area contributed by atoms with Crippen LogP contribution in [0.1, 0.15) is 56.2 Å². The van der Waals surface area contributed by atoms with E-state index < -0.39 is 24.1 Å². The number of benzene rings is 5. The third-order valence-electron chi connectivity index (χ3n) is 12.4. The molecule has 0 unspecified atom stereocenters. The van der Waals surface area contributed by atoms with E-state index in [2.05, 4.69) is 56.6 Å². The molecule has 382 valence electrons. The van der Waals surface area contributed by atoms with Gasteiger partial charge >= 0.3 is 36.2 Å². The molecule has 7 aromatic rings. The average Bonchev–Trinajstić information content (AvgIpc) is 4.10. The molecule has 73 heavy (non-hydrogen) atoms. The predicted octanol–water partition coefficient (Wildman–Crippen LogP) is 11.0. The Kier molecular flexibility index (Phi) is 15.9. The second-order valence-electron chi connectivity index (χ2n) is 18.3. The number of nitrogens with one attached hydrogen (secondary N) is 1. The Bertz CT molecular complexity index is 2860. The van der Waals surface area contributed by atoms with Crippen LogP contribution in [0.3, 0.4) is 0 Å². The van der Waals surface area contributed by atoms with E-state index in [0.29, 0.717) is 43.9 Å². The molecule has 2 aliphatic heterocycles. The van der Waals surface area contributed by atoms with Crippen molar-refractivity contribution in [3.8, 4) is 22.9 Å². The summed E-state index contributed by atoms with van der Waals surface area (Å²) in [5.74, 6) is -3.21. The summed E-state index contributed by atoms with van der Waals surface area (Å²) < 4.78 is 86.2. The zero-order chi connectivity index (χ0) is 51.9. The molecule has 2 aliphatic rings. The summed E-state index contributed by atoms with van der Waals surface area (Å²) in [6.45, 7) is 12.2. The van der Waals surface area contributed by atoms with Gasteiger partial charge in [0.1, 0.15) is 0 Å². The van der Waals surface area contributed by atoms with E-state index in [1.54, 1.807) is 58.3 Å². The van der Waals surface area contributed by atoms with Gasteiger partial charge in [-0.1, -0.05) is 91.0 Å². The molecule has 0 saturated carbocycles. The number of para-hydroxylation sites is 2. The normalized spacial score (nSPS) is 18.4. The van der Waals surface area contributed by atoms with Crippen LogP contribution in [0.15, 0.2) is 148 Å². The molecule has 2 aromatic heterocycles. The molecule has 0 bridgehead atoms. The van der Waals surface area contributed by atoms with Crippen molar-refractivity contribution in [3.63, 3.8) is 0 Å². The Morgan fingerprint density at radius 2 is 0.890 bits per heavy atom. The maximum atomic E-state index is 13.9. The van der Waals surface area contributed by atoms with E-state index in [1.165, 1.54) is 5.56 Å². The Hall–Kier alpha value is -7.58. The average molecular weight is 1010 g/mol. The summed E-state index contributed by atoms with van der Waals surface area (Å²) in [6, 6.07) is 43.1. The van der Waals surface area contributed by atoms with Crippen molar-refractivity contribution < 1.29 is 44.8 Å². The Balaban J connectivity index is 0.000000199. The summed E-state index contributed by atoms with van der Waals surface area (Å²) in [4.78, 5) is 37.0. The third-order valence-corrected chi connectivity index (χ3v) is 12.4. The molecule has 9 rings (SSSR count). The molecule has 0 aliphatic carbocycles. The first kappa shape index (κ1) is 51.8. The zero-order valence-corrected chi connectivity index (χ0v) is 40.5. The standard InChI is InChI=1S/C30H30F3N5O2.C23H24F3N5O2/c1-21-17-36(18-22(2)37(21)19-23-9-5-3-6-10-23)29(39)38(26-11-7-4-8-12-26)20-24-13-15-25(16-14-24)27-34-35-28(40-27)30(31,32)33;1-15-12-30(13-16(2)27-15)22(32)31(19-6-4-3-5-7-19)14-17-8-10-18(11-9-17)20-28-29-21(33-20)23(24,25)26/h3-16,21-22H,17-20H2,1-2H3;3-11,15-16,27H,12-14H2,1-2H3/t21-,22+;15-,16+. The molecule has 0 radical (unpaired) electrons. The highest BCUT2D eigenvalue weighted by Crippen LogP contribution is 2.33. The number of aromatic nitrogens is 4. The van der Waals surface area contributed by atoms with Gasteiger partial charge in [-0.05, 0) is 92.9 Å². The number of carbonyl (C=O) groups excluding carboxylic acids is 2. The van der Waals surface area contributed by atoms with Gasteiger partial charge in [0.05, 0.1) is 13.1 Å². The van der Waals surface area contributed by atoms with Gasteiger partial charge in [-0.3, -0.25) is 14.7 Å². The number of carbonyl (C=O) groups is 2. The van der Waals surface area contributed by atoms with Gasteiger partial charge in [0, 0.05) is 79.4 Å². The van der Waals surface area contributed by atoms with Crippen molar-refractivity contribution in [1.29, 1.82) is 0 Å². The lowest BCUT2D eigenvalue weighted by atomic mass is 10.1. The van der Waals surface area contributed by atoms with Crippen LogP contribution in [0, 0.1) is 0 Å². The number of rotatable bonds is 10.